The number of hydrogen-bond acceptors (Lipinski definition) is 1. The van der Waals surface area contributed by atoms with Crippen molar-refractivity contribution in [3.63, 3.8) is 0 Å². The van der Waals surface area contributed by atoms with Crippen LogP contribution in [0.15, 0.2) is 60.7 Å². The second kappa shape index (κ2) is 4.34. The van der Waals surface area contributed by atoms with E-state index in [-0.39, 0.29) is 6.04 Å². The van der Waals surface area contributed by atoms with Gasteiger partial charge in [-0.3, -0.25) is 0 Å². The Kier molecular flexibility index (Phi) is 2.69. The second-order valence-electron chi connectivity index (χ2n) is 4.85. The van der Waals surface area contributed by atoms with Crippen molar-refractivity contribution in [1.82, 2.24) is 0 Å². The molecule has 1 aliphatic carbocycles. The molecule has 3 unspecified atom stereocenters. The lowest BCUT2D eigenvalue weighted by atomic mass is 10.00. The quantitative estimate of drug-likeness (QED) is 0.847. The van der Waals surface area contributed by atoms with E-state index in [4.69, 9.17) is 5.73 Å². The van der Waals surface area contributed by atoms with Crippen LogP contribution in [0.2, 0.25) is 0 Å². The van der Waals surface area contributed by atoms with Crippen molar-refractivity contribution >= 4 is 0 Å². The molecule has 2 N–H and O–H groups in total. The topological polar surface area (TPSA) is 26.0 Å². The largest absolute Gasteiger partial charge is 0.324 e. The van der Waals surface area contributed by atoms with Crippen LogP contribution >= 0.6 is 0 Å². The first-order valence-electron chi connectivity index (χ1n) is 6.22. The normalized spacial score (nSPS) is 24.3. The Hall–Kier alpha value is -1.60. The first-order chi connectivity index (χ1) is 8.36. The molecule has 3 rings (SSSR count). The summed E-state index contributed by atoms with van der Waals surface area (Å²) < 4.78 is 0. The van der Waals surface area contributed by atoms with Gasteiger partial charge < -0.3 is 5.73 Å². The minimum Gasteiger partial charge on any atom is -0.324 e. The van der Waals surface area contributed by atoms with Gasteiger partial charge in [0, 0.05) is 6.04 Å². The highest BCUT2D eigenvalue weighted by Crippen LogP contribution is 2.53. The van der Waals surface area contributed by atoms with Crippen LogP contribution in [0, 0.1) is 5.92 Å². The Labute approximate surface area is 102 Å². The monoisotopic (exact) mass is 223 g/mol. The van der Waals surface area contributed by atoms with Crippen LogP contribution < -0.4 is 5.73 Å². The van der Waals surface area contributed by atoms with Crippen molar-refractivity contribution in [1.29, 1.82) is 0 Å². The average molecular weight is 223 g/mol. The van der Waals surface area contributed by atoms with Crippen LogP contribution in [0.25, 0.3) is 0 Å². The van der Waals surface area contributed by atoms with Gasteiger partial charge in [0.25, 0.3) is 0 Å². The Balaban J connectivity index is 1.73. The lowest BCUT2D eigenvalue weighted by Crippen LogP contribution is -2.13. The van der Waals surface area contributed by atoms with Crippen molar-refractivity contribution in [3.05, 3.63) is 71.8 Å². The third-order valence-electron chi connectivity index (χ3n) is 3.71. The Morgan fingerprint density at radius 1 is 0.882 bits per heavy atom. The molecule has 2 aromatic rings. The standard InChI is InChI=1S/C16H17N/c17-16(13-9-5-2-6-10-13)15-11-14(15)12-7-3-1-4-8-12/h1-10,14-16H,11,17H2. The Bertz CT molecular complexity index is 477. The zero-order chi connectivity index (χ0) is 11.7. The van der Waals surface area contributed by atoms with Crippen molar-refractivity contribution in [2.24, 2.45) is 11.7 Å². The lowest BCUT2D eigenvalue weighted by molar-refractivity contribution is 0.616. The van der Waals surface area contributed by atoms with Gasteiger partial charge in [-0.05, 0) is 29.4 Å². The summed E-state index contributed by atoms with van der Waals surface area (Å²) in [6.07, 6.45) is 1.22. The minimum atomic E-state index is 0.182. The fraction of sp³-hybridized carbons (Fsp3) is 0.250. The molecule has 3 atom stereocenters. The molecule has 2 aromatic carbocycles. The summed E-state index contributed by atoms with van der Waals surface area (Å²) in [7, 11) is 0. The SMILES string of the molecule is NC(c1ccccc1)C1CC1c1ccccc1. The molecule has 0 bridgehead atoms. The van der Waals surface area contributed by atoms with Crippen molar-refractivity contribution in [2.45, 2.75) is 18.4 Å². The van der Waals surface area contributed by atoms with E-state index in [0.29, 0.717) is 11.8 Å². The van der Waals surface area contributed by atoms with Crippen LogP contribution in [0.1, 0.15) is 29.5 Å². The Morgan fingerprint density at radius 3 is 2.12 bits per heavy atom. The molecule has 0 aromatic heterocycles. The fourth-order valence-corrected chi connectivity index (χ4v) is 2.62. The molecule has 0 spiro atoms. The van der Waals surface area contributed by atoms with Gasteiger partial charge in [-0.15, -0.1) is 0 Å². The van der Waals surface area contributed by atoms with Gasteiger partial charge >= 0.3 is 0 Å². The van der Waals surface area contributed by atoms with Crippen molar-refractivity contribution < 1.29 is 0 Å². The molecule has 0 aliphatic heterocycles. The summed E-state index contributed by atoms with van der Waals surface area (Å²) in [6, 6.07) is 21.3. The lowest BCUT2D eigenvalue weighted by Gasteiger charge is -2.11. The molecule has 1 fully saturated rings. The number of benzene rings is 2. The van der Waals surface area contributed by atoms with Crippen molar-refractivity contribution in [2.75, 3.05) is 0 Å². The van der Waals surface area contributed by atoms with E-state index < -0.39 is 0 Å². The molecular weight excluding hydrogens is 206 g/mol. The second-order valence-corrected chi connectivity index (χ2v) is 4.85. The number of rotatable bonds is 3. The maximum absolute atomic E-state index is 6.33. The van der Waals surface area contributed by atoms with Crippen molar-refractivity contribution in [3.8, 4) is 0 Å². The molecular formula is C16H17N. The summed E-state index contributed by atoms with van der Waals surface area (Å²) in [5.41, 5.74) is 9.02. The molecule has 1 heteroatoms. The molecule has 1 aliphatic rings. The van der Waals surface area contributed by atoms with Crippen LogP contribution in [-0.4, -0.2) is 0 Å². The van der Waals surface area contributed by atoms with Gasteiger partial charge in [-0.1, -0.05) is 60.7 Å². The summed E-state index contributed by atoms with van der Waals surface area (Å²) in [4.78, 5) is 0. The van der Waals surface area contributed by atoms with Gasteiger partial charge in [0.1, 0.15) is 0 Å². The van der Waals surface area contributed by atoms with Gasteiger partial charge in [-0.2, -0.15) is 0 Å². The zero-order valence-electron chi connectivity index (χ0n) is 9.79. The smallest absolute Gasteiger partial charge is 0.0329 e. The van der Waals surface area contributed by atoms with E-state index in [1.807, 2.05) is 6.07 Å². The summed E-state index contributed by atoms with van der Waals surface area (Å²) in [5.74, 6) is 1.27. The number of nitrogens with two attached hydrogens (primary N) is 1. The van der Waals surface area contributed by atoms with Crippen LogP contribution in [-0.2, 0) is 0 Å². The third-order valence-corrected chi connectivity index (χ3v) is 3.71. The van der Waals surface area contributed by atoms with Crippen LogP contribution in [0.4, 0.5) is 0 Å². The summed E-state index contributed by atoms with van der Waals surface area (Å²) in [5, 5.41) is 0. The molecule has 0 radical (unpaired) electrons. The fourth-order valence-electron chi connectivity index (χ4n) is 2.62. The predicted molar refractivity (Wildman–Crippen MR) is 70.7 cm³/mol. The van der Waals surface area contributed by atoms with Gasteiger partial charge in [0.2, 0.25) is 0 Å². The minimum absolute atomic E-state index is 0.182. The van der Waals surface area contributed by atoms with Gasteiger partial charge in [-0.25, -0.2) is 0 Å². The zero-order valence-corrected chi connectivity index (χ0v) is 9.79. The summed E-state index contributed by atoms with van der Waals surface area (Å²) >= 11 is 0. The van der Waals surface area contributed by atoms with Crippen LogP contribution in [0.3, 0.4) is 0 Å². The molecule has 0 saturated heterocycles. The first kappa shape index (κ1) is 10.5. The molecule has 1 saturated carbocycles. The van der Waals surface area contributed by atoms with Gasteiger partial charge in [0.05, 0.1) is 0 Å². The molecule has 0 amide bonds. The molecule has 1 nitrogen and oxygen atoms in total. The maximum atomic E-state index is 6.33. The maximum Gasteiger partial charge on any atom is 0.0329 e. The molecule has 0 heterocycles. The Morgan fingerprint density at radius 2 is 1.47 bits per heavy atom. The van der Waals surface area contributed by atoms with Gasteiger partial charge in [0.15, 0.2) is 0 Å². The third kappa shape index (κ3) is 2.11. The molecule has 17 heavy (non-hydrogen) atoms. The van der Waals surface area contributed by atoms with E-state index in [1.165, 1.54) is 17.5 Å². The predicted octanol–water partition coefficient (Wildman–Crippen LogP) is 3.49. The summed E-state index contributed by atoms with van der Waals surface area (Å²) in [6.45, 7) is 0. The highest BCUT2D eigenvalue weighted by atomic mass is 14.7. The highest BCUT2D eigenvalue weighted by Gasteiger charge is 2.42. The first-order valence-corrected chi connectivity index (χ1v) is 6.22. The number of hydrogen-bond donors (Lipinski definition) is 1. The van der Waals surface area contributed by atoms with E-state index in [2.05, 4.69) is 54.6 Å². The van der Waals surface area contributed by atoms with Crippen LogP contribution in [0.5, 0.6) is 0 Å². The van der Waals surface area contributed by atoms with E-state index >= 15 is 0 Å². The average Bonchev–Trinajstić information content (AvgIpc) is 3.20. The van der Waals surface area contributed by atoms with E-state index in [9.17, 15) is 0 Å². The highest BCUT2D eigenvalue weighted by molar-refractivity contribution is 5.30. The molecule has 86 valence electrons. The van der Waals surface area contributed by atoms with E-state index in [0.717, 1.165) is 0 Å². The van der Waals surface area contributed by atoms with E-state index in [1.54, 1.807) is 0 Å².